The number of halogens is 5. The number of rotatable bonds is 2. The summed E-state index contributed by atoms with van der Waals surface area (Å²) in [4.78, 5) is 6.43. The van der Waals surface area contributed by atoms with E-state index in [-0.39, 0.29) is 22.2 Å². The van der Waals surface area contributed by atoms with Gasteiger partial charge >= 0.3 is 6.18 Å². The summed E-state index contributed by atoms with van der Waals surface area (Å²) in [5.41, 5.74) is 0.413. The predicted molar refractivity (Wildman–Crippen MR) is 71.5 cm³/mol. The maximum Gasteiger partial charge on any atom is 0.451 e. The summed E-state index contributed by atoms with van der Waals surface area (Å²) in [6.45, 7) is 0. The number of anilines is 2. The Morgan fingerprint density at radius 3 is 2.48 bits per heavy atom. The van der Waals surface area contributed by atoms with Crippen LogP contribution in [0, 0.1) is 11.3 Å². The minimum absolute atomic E-state index is 0.193. The third-order valence-electron chi connectivity index (χ3n) is 2.31. The molecule has 1 aromatic carbocycles. The molecule has 108 valence electrons. The Morgan fingerprint density at radius 2 is 1.86 bits per heavy atom. The number of nitrogens with zero attached hydrogens (tertiary/aromatic N) is 3. The zero-order chi connectivity index (χ0) is 15.6. The molecule has 0 unspecified atom stereocenters. The van der Waals surface area contributed by atoms with Gasteiger partial charge in [0.25, 0.3) is 0 Å². The SMILES string of the molecule is N#Cc1ccc(Cl)cc1Nc1cc(Cl)nc(C(F)(F)F)n1. The van der Waals surface area contributed by atoms with E-state index in [0.29, 0.717) is 5.02 Å². The van der Waals surface area contributed by atoms with Crippen LogP contribution in [0.5, 0.6) is 0 Å². The van der Waals surface area contributed by atoms with Crippen LogP contribution in [0.25, 0.3) is 0 Å². The Labute approximate surface area is 127 Å². The van der Waals surface area contributed by atoms with Gasteiger partial charge < -0.3 is 5.32 Å². The Kier molecular flexibility index (Phi) is 4.21. The lowest BCUT2D eigenvalue weighted by atomic mass is 10.2. The van der Waals surface area contributed by atoms with Crippen molar-refractivity contribution < 1.29 is 13.2 Å². The third-order valence-corrected chi connectivity index (χ3v) is 2.74. The lowest BCUT2D eigenvalue weighted by Crippen LogP contribution is -2.12. The van der Waals surface area contributed by atoms with Crippen LogP contribution in [0.15, 0.2) is 24.3 Å². The van der Waals surface area contributed by atoms with E-state index in [4.69, 9.17) is 28.5 Å². The summed E-state index contributed by atoms with van der Waals surface area (Å²) in [5.74, 6) is -1.57. The van der Waals surface area contributed by atoms with E-state index in [1.54, 1.807) is 0 Å². The van der Waals surface area contributed by atoms with Gasteiger partial charge in [0.05, 0.1) is 11.3 Å². The van der Waals surface area contributed by atoms with Gasteiger partial charge in [-0.25, -0.2) is 9.97 Å². The van der Waals surface area contributed by atoms with Crippen molar-refractivity contribution in [3.63, 3.8) is 0 Å². The van der Waals surface area contributed by atoms with E-state index < -0.39 is 12.0 Å². The summed E-state index contributed by atoms with van der Waals surface area (Å²) in [7, 11) is 0. The highest BCUT2D eigenvalue weighted by molar-refractivity contribution is 6.31. The van der Waals surface area contributed by atoms with Crippen LogP contribution in [-0.4, -0.2) is 9.97 Å². The minimum Gasteiger partial charge on any atom is -0.339 e. The fourth-order valence-corrected chi connectivity index (χ4v) is 1.82. The average Bonchev–Trinajstić information content (AvgIpc) is 2.37. The van der Waals surface area contributed by atoms with Gasteiger partial charge in [-0.1, -0.05) is 23.2 Å². The maximum atomic E-state index is 12.6. The van der Waals surface area contributed by atoms with Gasteiger partial charge in [-0.15, -0.1) is 0 Å². The molecule has 0 aliphatic heterocycles. The molecule has 0 atom stereocenters. The summed E-state index contributed by atoms with van der Waals surface area (Å²) >= 11 is 11.3. The molecule has 1 heterocycles. The molecule has 1 aromatic heterocycles. The van der Waals surface area contributed by atoms with E-state index in [1.165, 1.54) is 18.2 Å². The highest BCUT2D eigenvalue weighted by atomic mass is 35.5. The molecule has 21 heavy (non-hydrogen) atoms. The molecule has 0 amide bonds. The molecule has 4 nitrogen and oxygen atoms in total. The number of nitrogens with one attached hydrogen (secondary N) is 1. The van der Waals surface area contributed by atoms with Crippen molar-refractivity contribution in [2.75, 3.05) is 5.32 Å². The Balaban J connectivity index is 2.43. The molecule has 2 rings (SSSR count). The van der Waals surface area contributed by atoms with Gasteiger partial charge in [0.1, 0.15) is 17.0 Å². The van der Waals surface area contributed by atoms with Gasteiger partial charge in [0.15, 0.2) is 0 Å². The summed E-state index contributed by atoms with van der Waals surface area (Å²) in [6.07, 6.45) is -4.73. The molecule has 0 aliphatic rings. The van der Waals surface area contributed by atoms with Crippen LogP contribution in [0.1, 0.15) is 11.4 Å². The smallest absolute Gasteiger partial charge is 0.339 e. The molecular weight excluding hydrogens is 328 g/mol. The first-order valence-electron chi connectivity index (χ1n) is 5.38. The van der Waals surface area contributed by atoms with Crippen molar-refractivity contribution in [1.82, 2.24) is 9.97 Å². The summed E-state index contributed by atoms with van der Waals surface area (Å²) < 4.78 is 37.8. The second-order valence-electron chi connectivity index (χ2n) is 3.82. The van der Waals surface area contributed by atoms with Gasteiger partial charge in [-0.2, -0.15) is 18.4 Å². The maximum absolute atomic E-state index is 12.6. The summed E-state index contributed by atoms with van der Waals surface area (Å²) in [5, 5.41) is 11.5. The molecule has 0 saturated heterocycles. The molecule has 0 saturated carbocycles. The van der Waals surface area contributed by atoms with Gasteiger partial charge in [-0.05, 0) is 18.2 Å². The average molecular weight is 333 g/mol. The van der Waals surface area contributed by atoms with E-state index in [1.807, 2.05) is 6.07 Å². The third kappa shape index (κ3) is 3.74. The van der Waals surface area contributed by atoms with Gasteiger partial charge in [0.2, 0.25) is 5.82 Å². The molecule has 0 aliphatic carbocycles. The van der Waals surface area contributed by atoms with Crippen molar-refractivity contribution in [1.29, 1.82) is 5.26 Å². The van der Waals surface area contributed by atoms with Crippen molar-refractivity contribution in [2.45, 2.75) is 6.18 Å². The highest BCUT2D eigenvalue weighted by Crippen LogP contribution is 2.30. The number of nitriles is 1. The van der Waals surface area contributed by atoms with E-state index >= 15 is 0 Å². The van der Waals surface area contributed by atoms with E-state index in [9.17, 15) is 13.2 Å². The van der Waals surface area contributed by atoms with Crippen LogP contribution in [0.2, 0.25) is 10.2 Å². The van der Waals surface area contributed by atoms with Crippen LogP contribution in [0.3, 0.4) is 0 Å². The topological polar surface area (TPSA) is 61.6 Å². The first-order chi connectivity index (χ1) is 9.79. The molecule has 0 bridgehead atoms. The number of benzene rings is 1. The molecule has 2 aromatic rings. The van der Waals surface area contributed by atoms with Crippen molar-refractivity contribution in [3.8, 4) is 6.07 Å². The number of hydrogen-bond acceptors (Lipinski definition) is 4. The largest absolute Gasteiger partial charge is 0.451 e. The fourth-order valence-electron chi connectivity index (χ4n) is 1.46. The molecule has 0 fully saturated rings. The fraction of sp³-hybridized carbons (Fsp3) is 0.0833. The number of aromatic nitrogens is 2. The molecule has 9 heteroatoms. The lowest BCUT2D eigenvalue weighted by molar-refractivity contribution is -0.144. The first kappa shape index (κ1) is 15.4. The first-order valence-corrected chi connectivity index (χ1v) is 6.13. The Bertz CT molecular complexity index is 725. The van der Waals surface area contributed by atoms with Crippen LogP contribution < -0.4 is 5.32 Å². The number of hydrogen-bond donors (Lipinski definition) is 1. The van der Waals surface area contributed by atoms with Crippen molar-refractivity contribution in [2.24, 2.45) is 0 Å². The zero-order valence-electron chi connectivity index (χ0n) is 10.0. The van der Waals surface area contributed by atoms with E-state index in [0.717, 1.165) is 6.07 Å². The summed E-state index contributed by atoms with van der Waals surface area (Å²) in [6, 6.07) is 7.30. The molecule has 1 N–H and O–H groups in total. The lowest BCUT2D eigenvalue weighted by Gasteiger charge is -2.11. The van der Waals surface area contributed by atoms with Gasteiger partial charge in [-0.3, -0.25) is 0 Å². The highest BCUT2D eigenvalue weighted by Gasteiger charge is 2.35. The Morgan fingerprint density at radius 1 is 1.14 bits per heavy atom. The normalized spacial score (nSPS) is 11.0. The Hall–Kier alpha value is -2.04. The standard InChI is InChI=1S/C12H5Cl2F3N4/c13-7-2-1-6(5-18)8(3-7)19-10-4-9(14)20-11(21-10)12(15,16)17/h1-4H,(H,19,20,21). The van der Waals surface area contributed by atoms with Crippen molar-refractivity contribution in [3.05, 3.63) is 45.8 Å². The second kappa shape index (κ2) is 5.76. The van der Waals surface area contributed by atoms with Crippen LogP contribution >= 0.6 is 23.2 Å². The van der Waals surface area contributed by atoms with Crippen molar-refractivity contribution >= 4 is 34.7 Å². The van der Waals surface area contributed by atoms with Crippen LogP contribution in [0.4, 0.5) is 24.7 Å². The minimum atomic E-state index is -4.73. The monoisotopic (exact) mass is 332 g/mol. The number of alkyl halides is 3. The zero-order valence-corrected chi connectivity index (χ0v) is 11.6. The predicted octanol–water partition coefficient (Wildman–Crippen LogP) is 4.42. The molecule has 0 radical (unpaired) electrons. The molecular formula is C12H5Cl2F3N4. The quantitative estimate of drug-likeness (QED) is 0.827. The van der Waals surface area contributed by atoms with Crippen LogP contribution in [-0.2, 0) is 6.18 Å². The van der Waals surface area contributed by atoms with E-state index in [2.05, 4.69) is 15.3 Å². The second-order valence-corrected chi connectivity index (χ2v) is 4.65. The van der Waals surface area contributed by atoms with Gasteiger partial charge in [0, 0.05) is 11.1 Å². The molecule has 0 spiro atoms.